The lowest BCUT2D eigenvalue weighted by Crippen LogP contribution is -2.92. The van der Waals surface area contributed by atoms with E-state index in [1.54, 1.807) is 6.20 Å². The van der Waals surface area contributed by atoms with Crippen molar-refractivity contribution in [2.75, 3.05) is 11.5 Å². The summed E-state index contributed by atoms with van der Waals surface area (Å²) in [5.41, 5.74) is 2.46. The normalized spacial score (nSPS) is 20.2. The molecule has 134 valence electrons. The van der Waals surface area contributed by atoms with E-state index in [2.05, 4.69) is 4.98 Å². The number of fused-ring (bicyclic) bond motifs is 1. The average molecular weight is 369 g/mol. The van der Waals surface area contributed by atoms with Crippen molar-refractivity contribution in [3.8, 4) is 0 Å². The Bertz CT molecular complexity index is 1040. The fourth-order valence-electron chi connectivity index (χ4n) is 3.70. The number of ketones is 1. The third kappa shape index (κ3) is 3.30. The fourth-order valence-corrected chi connectivity index (χ4v) is 5.46. The molecule has 4 rings (SSSR count). The van der Waals surface area contributed by atoms with Gasteiger partial charge in [-0.3, -0.25) is 4.79 Å². The van der Waals surface area contributed by atoms with Crippen LogP contribution in [0, 0.1) is 0 Å². The number of rotatable bonds is 5. The first-order chi connectivity index (χ1) is 12.5. The van der Waals surface area contributed by atoms with Gasteiger partial charge in [0.1, 0.15) is 11.8 Å². The predicted octanol–water partition coefficient (Wildman–Crippen LogP) is 1.84. The second-order valence-electron chi connectivity index (χ2n) is 6.86. The maximum Gasteiger partial charge on any atom is 0.226 e. The Morgan fingerprint density at radius 3 is 2.54 bits per heavy atom. The third-order valence-electron chi connectivity index (χ3n) is 5.03. The highest BCUT2D eigenvalue weighted by Crippen LogP contribution is 2.23. The average Bonchev–Trinajstić information content (AvgIpc) is 3.23. The highest BCUT2D eigenvalue weighted by molar-refractivity contribution is 7.91. The number of carbonyl (C=O) groups excluding carboxylic acids is 1. The van der Waals surface area contributed by atoms with Gasteiger partial charge in [-0.05, 0) is 6.07 Å². The number of nitrogens with one attached hydrogen (secondary N) is 1. The van der Waals surface area contributed by atoms with Gasteiger partial charge in [-0.1, -0.05) is 48.5 Å². The molecule has 2 atom stereocenters. The lowest BCUT2D eigenvalue weighted by atomic mass is 9.96. The fraction of sp³-hybridized carbons (Fsp3) is 0.250. The zero-order valence-corrected chi connectivity index (χ0v) is 15.1. The van der Waals surface area contributed by atoms with E-state index in [1.165, 1.54) is 0 Å². The Kier molecular flexibility index (Phi) is 4.38. The van der Waals surface area contributed by atoms with E-state index >= 15 is 0 Å². The molecule has 1 fully saturated rings. The summed E-state index contributed by atoms with van der Waals surface area (Å²) in [6.07, 6.45) is 2.34. The van der Waals surface area contributed by atoms with Crippen molar-refractivity contribution in [3.63, 3.8) is 0 Å². The molecule has 0 bridgehead atoms. The van der Waals surface area contributed by atoms with Crippen LogP contribution in [-0.4, -0.2) is 36.7 Å². The van der Waals surface area contributed by atoms with Crippen LogP contribution in [0.3, 0.4) is 0 Å². The number of Topliss-reactive ketones (excluding diaryl/α,β-unsaturated/α-hetero) is 1. The van der Waals surface area contributed by atoms with Gasteiger partial charge in [0.25, 0.3) is 0 Å². The van der Waals surface area contributed by atoms with Crippen LogP contribution < -0.4 is 5.32 Å². The van der Waals surface area contributed by atoms with Crippen LogP contribution in [0.2, 0.25) is 0 Å². The first kappa shape index (κ1) is 17.0. The highest BCUT2D eigenvalue weighted by atomic mass is 32.2. The van der Waals surface area contributed by atoms with Crippen molar-refractivity contribution in [1.82, 2.24) is 4.98 Å². The molecule has 1 saturated heterocycles. The van der Waals surface area contributed by atoms with Gasteiger partial charge in [0.2, 0.25) is 5.78 Å². The minimum absolute atomic E-state index is 0.00190. The van der Waals surface area contributed by atoms with Crippen molar-refractivity contribution >= 4 is 26.5 Å². The van der Waals surface area contributed by atoms with Gasteiger partial charge < -0.3 is 10.3 Å². The number of nitrogens with two attached hydrogens (primary N) is 1. The number of aromatic nitrogens is 1. The van der Waals surface area contributed by atoms with Crippen LogP contribution in [0.15, 0.2) is 60.8 Å². The van der Waals surface area contributed by atoms with Crippen LogP contribution in [0.4, 0.5) is 0 Å². The second kappa shape index (κ2) is 6.70. The second-order valence-corrected chi connectivity index (χ2v) is 9.08. The predicted molar refractivity (Wildman–Crippen MR) is 101 cm³/mol. The molecule has 2 aromatic carbocycles. The SMILES string of the molecule is O=C(c1c[nH]c2ccccc12)[C@@H]([NH2+][C@@H]1CCS(=O)(=O)C1)c1ccccc1. The summed E-state index contributed by atoms with van der Waals surface area (Å²) in [5.74, 6) is 0.340. The molecule has 0 radical (unpaired) electrons. The van der Waals surface area contributed by atoms with E-state index in [4.69, 9.17) is 0 Å². The zero-order valence-electron chi connectivity index (χ0n) is 14.3. The molecule has 1 aliphatic rings. The number of H-pyrrole nitrogens is 1. The Morgan fingerprint density at radius 2 is 1.81 bits per heavy atom. The summed E-state index contributed by atoms with van der Waals surface area (Å²) < 4.78 is 23.6. The van der Waals surface area contributed by atoms with E-state index < -0.39 is 15.9 Å². The monoisotopic (exact) mass is 369 g/mol. The standard InChI is InChI=1S/C20H20N2O3S/c23-20(17-12-21-18-9-5-4-8-16(17)18)19(14-6-2-1-3-7-14)22-15-10-11-26(24,25)13-15/h1-9,12,15,19,21-22H,10-11,13H2/p+1/t15-,19+/m1/s1. The lowest BCUT2D eigenvalue weighted by molar-refractivity contribution is -0.709. The number of carbonyl (C=O) groups is 1. The van der Waals surface area contributed by atoms with Crippen molar-refractivity contribution in [2.24, 2.45) is 0 Å². The van der Waals surface area contributed by atoms with Crippen molar-refractivity contribution in [1.29, 1.82) is 0 Å². The van der Waals surface area contributed by atoms with Gasteiger partial charge >= 0.3 is 0 Å². The number of quaternary nitrogens is 1. The van der Waals surface area contributed by atoms with Gasteiger partial charge in [-0.25, -0.2) is 8.42 Å². The highest BCUT2D eigenvalue weighted by Gasteiger charge is 2.36. The Morgan fingerprint density at radius 1 is 1.08 bits per heavy atom. The molecule has 3 aromatic rings. The number of aromatic amines is 1. The van der Waals surface area contributed by atoms with E-state index in [0.29, 0.717) is 12.0 Å². The largest absolute Gasteiger partial charge is 0.360 e. The van der Waals surface area contributed by atoms with E-state index in [1.807, 2.05) is 59.9 Å². The quantitative estimate of drug-likeness (QED) is 0.673. The summed E-state index contributed by atoms with van der Waals surface area (Å²) in [6.45, 7) is 0. The number of sulfone groups is 1. The minimum Gasteiger partial charge on any atom is -0.360 e. The molecule has 0 saturated carbocycles. The Labute approximate surface area is 152 Å². The topological polar surface area (TPSA) is 83.6 Å². The summed E-state index contributed by atoms with van der Waals surface area (Å²) in [5, 5.41) is 2.83. The van der Waals surface area contributed by atoms with E-state index in [9.17, 15) is 13.2 Å². The number of benzene rings is 2. The molecule has 0 aliphatic carbocycles. The Hall–Kier alpha value is -2.44. The summed E-state index contributed by atoms with van der Waals surface area (Å²) in [7, 11) is -2.99. The first-order valence-electron chi connectivity index (χ1n) is 8.74. The molecule has 1 aromatic heterocycles. The third-order valence-corrected chi connectivity index (χ3v) is 6.82. The van der Waals surface area contributed by atoms with E-state index in [-0.39, 0.29) is 23.3 Å². The molecule has 0 unspecified atom stereocenters. The van der Waals surface area contributed by atoms with E-state index in [0.717, 1.165) is 16.5 Å². The van der Waals surface area contributed by atoms with Gasteiger partial charge in [0.15, 0.2) is 15.9 Å². The molecular weight excluding hydrogens is 348 g/mol. The number of hydrogen-bond acceptors (Lipinski definition) is 3. The van der Waals surface area contributed by atoms with Crippen molar-refractivity contribution in [2.45, 2.75) is 18.5 Å². The maximum absolute atomic E-state index is 13.4. The molecule has 0 spiro atoms. The molecule has 6 heteroatoms. The summed E-state index contributed by atoms with van der Waals surface area (Å²) in [6, 6.07) is 16.8. The van der Waals surface area contributed by atoms with Crippen molar-refractivity contribution in [3.05, 3.63) is 71.9 Å². The molecular formula is C20H21N2O3S+. The Balaban J connectivity index is 1.69. The first-order valence-corrected chi connectivity index (χ1v) is 10.6. The molecule has 3 N–H and O–H groups in total. The molecule has 2 heterocycles. The van der Waals surface area contributed by atoms with Gasteiger partial charge in [-0.15, -0.1) is 0 Å². The van der Waals surface area contributed by atoms with Crippen LogP contribution in [-0.2, 0) is 9.84 Å². The molecule has 0 amide bonds. The van der Waals surface area contributed by atoms with Crippen LogP contribution >= 0.6 is 0 Å². The molecule has 1 aliphatic heterocycles. The maximum atomic E-state index is 13.4. The van der Waals surface area contributed by atoms with Gasteiger partial charge in [0, 0.05) is 34.6 Å². The minimum atomic E-state index is -2.99. The van der Waals surface area contributed by atoms with Gasteiger partial charge in [-0.2, -0.15) is 0 Å². The smallest absolute Gasteiger partial charge is 0.226 e. The van der Waals surface area contributed by atoms with Crippen LogP contribution in [0.25, 0.3) is 10.9 Å². The van der Waals surface area contributed by atoms with Crippen LogP contribution in [0.5, 0.6) is 0 Å². The molecule has 5 nitrogen and oxygen atoms in total. The summed E-state index contributed by atoms with van der Waals surface area (Å²) in [4.78, 5) is 16.5. The van der Waals surface area contributed by atoms with Crippen LogP contribution in [0.1, 0.15) is 28.4 Å². The number of para-hydroxylation sites is 1. The molecule has 26 heavy (non-hydrogen) atoms. The van der Waals surface area contributed by atoms with Gasteiger partial charge in [0.05, 0.1) is 5.75 Å². The number of hydrogen-bond donors (Lipinski definition) is 2. The zero-order chi connectivity index (χ0) is 18.1. The van der Waals surface area contributed by atoms with Crippen molar-refractivity contribution < 1.29 is 18.5 Å². The summed E-state index contributed by atoms with van der Waals surface area (Å²) >= 11 is 0. The lowest BCUT2D eigenvalue weighted by Gasteiger charge is -2.18.